The molecule has 0 atom stereocenters. The maximum Gasteiger partial charge on any atom is 0.270 e. The molecule has 4 heterocycles. The molecule has 0 spiro atoms. The summed E-state index contributed by atoms with van der Waals surface area (Å²) in [5, 5.41) is 3.30. The van der Waals surface area contributed by atoms with Crippen molar-refractivity contribution in [3.63, 3.8) is 0 Å². The number of aromatic nitrogens is 5. The van der Waals surface area contributed by atoms with Gasteiger partial charge in [0.15, 0.2) is 5.65 Å². The van der Waals surface area contributed by atoms with Crippen LogP contribution in [0.4, 0.5) is 26.1 Å². The Kier molecular flexibility index (Phi) is 5.67. The highest BCUT2D eigenvalue weighted by Crippen LogP contribution is 2.26. The van der Waals surface area contributed by atoms with E-state index in [9.17, 15) is 13.6 Å². The number of benzene rings is 3. The number of halogens is 2. The van der Waals surface area contributed by atoms with Gasteiger partial charge < -0.3 is 15.1 Å². The van der Waals surface area contributed by atoms with Gasteiger partial charge in [-0.15, -0.1) is 0 Å². The van der Waals surface area contributed by atoms with Crippen LogP contribution in [0.15, 0.2) is 77.7 Å². The Labute approximate surface area is 226 Å². The summed E-state index contributed by atoms with van der Waals surface area (Å²) in [6.45, 7) is 3.99. The second-order valence-corrected chi connectivity index (χ2v) is 9.84. The molecule has 0 bridgehead atoms. The monoisotopic (exact) mass is 538 g/mol. The normalized spacial score (nSPS) is 14.4. The quantitative estimate of drug-likeness (QED) is 0.357. The van der Waals surface area contributed by atoms with Gasteiger partial charge in [-0.3, -0.25) is 9.20 Å². The Morgan fingerprint density at radius 1 is 0.850 bits per heavy atom. The van der Waals surface area contributed by atoms with Crippen molar-refractivity contribution >= 4 is 45.2 Å². The average molecular weight is 539 g/mol. The van der Waals surface area contributed by atoms with E-state index in [1.165, 1.54) is 12.3 Å². The Bertz CT molecular complexity index is 1940. The Morgan fingerprint density at radius 2 is 1.57 bits per heavy atom. The fourth-order valence-electron chi connectivity index (χ4n) is 5.19. The van der Waals surface area contributed by atoms with Crippen LogP contribution in [0.2, 0.25) is 0 Å². The van der Waals surface area contributed by atoms with Crippen molar-refractivity contribution in [1.29, 1.82) is 0 Å². The third-order valence-corrected chi connectivity index (χ3v) is 7.31. The molecule has 11 heteroatoms. The first kappa shape index (κ1) is 24.2. The third-order valence-electron chi connectivity index (χ3n) is 7.31. The van der Waals surface area contributed by atoms with Crippen LogP contribution in [-0.2, 0) is 0 Å². The van der Waals surface area contributed by atoms with Crippen LogP contribution in [0.5, 0.6) is 0 Å². The summed E-state index contributed by atoms with van der Waals surface area (Å²) in [6.07, 6.45) is 1.37. The summed E-state index contributed by atoms with van der Waals surface area (Å²) in [5.41, 5.74) is 2.20. The summed E-state index contributed by atoms with van der Waals surface area (Å²) in [7, 11) is 2.13. The molecule has 0 saturated carbocycles. The fraction of sp³-hybridized carbons (Fsp3) is 0.172. The Hall–Kier alpha value is -4.90. The van der Waals surface area contributed by atoms with Gasteiger partial charge in [-0.25, -0.2) is 23.3 Å². The lowest BCUT2D eigenvalue weighted by atomic mass is 10.2. The molecular weight excluding hydrogens is 514 g/mol. The van der Waals surface area contributed by atoms with Crippen molar-refractivity contribution in [2.75, 3.05) is 43.4 Å². The molecule has 0 radical (unpaired) electrons. The number of piperazine rings is 1. The fourth-order valence-corrected chi connectivity index (χ4v) is 5.19. The molecule has 3 aromatic heterocycles. The smallest absolute Gasteiger partial charge is 0.270 e. The van der Waals surface area contributed by atoms with Crippen LogP contribution in [0.25, 0.3) is 33.5 Å². The number of imidazole rings is 1. The standard InChI is InChI=1S/C29H24F2N8O/c1-36-13-15-37(16-14-36)19-11-9-18(10-12-19)33-28-32-17-20-26(35-28)38-24-8-3-2-7-23(24)34-29(38)39(27(20)40)25-21(30)5-4-6-22(25)31/h2-12,17H,13-16H2,1H3,(H,32,33,35). The number of rotatable bonds is 4. The zero-order valence-electron chi connectivity index (χ0n) is 21.6. The van der Waals surface area contributed by atoms with Gasteiger partial charge in [0.25, 0.3) is 5.56 Å². The lowest BCUT2D eigenvalue weighted by molar-refractivity contribution is 0.313. The van der Waals surface area contributed by atoms with E-state index in [0.29, 0.717) is 11.0 Å². The molecule has 40 heavy (non-hydrogen) atoms. The highest BCUT2D eigenvalue weighted by Gasteiger charge is 2.22. The number of fused-ring (bicyclic) bond motifs is 5. The Morgan fingerprint density at radius 3 is 2.33 bits per heavy atom. The molecule has 6 aromatic rings. The van der Waals surface area contributed by atoms with Gasteiger partial charge in [0.05, 0.1) is 11.0 Å². The molecular formula is C29H24F2N8O. The van der Waals surface area contributed by atoms with Gasteiger partial charge >= 0.3 is 0 Å². The van der Waals surface area contributed by atoms with Crippen molar-refractivity contribution in [3.8, 4) is 5.69 Å². The topological polar surface area (TPSA) is 83.6 Å². The van der Waals surface area contributed by atoms with Crippen LogP contribution in [0, 0.1) is 11.6 Å². The first-order valence-corrected chi connectivity index (χ1v) is 12.9. The van der Waals surface area contributed by atoms with Gasteiger partial charge in [-0.05, 0) is 55.6 Å². The number of para-hydroxylation sites is 3. The van der Waals surface area contributed by atoms with Gasteiger partial charge in [-0.1, -0.05) is 18.2 Å². The summed E-state index contributed by atoms with van der Waals surface area (Å²) >= 11 is 0. The van der Waals surface area contributed by atoms with E-state index in [-0.39, 0.29) is 22.8 Å². The van der Waals surface area contributed by atoms with Crippen LogP contribution < -0.4 is 15.8 Å². The summed E-state index contributed by atoms with van der Waals surface area (Å²) < 4.78 is 32.3. The van der Waals surface area contributed by atoms with E-state index in [1.807, 2.05) is 24.3 Å². The molecule has 200 valence electrons. The maximum atomic E-state index is 14.9. The first-order valence-electron chi connectivity index (χ1n) is 12.9. The Balaban J connectivity index is 1.35. The van der Waals surface area contributed by atoms with E-state index < -0.39 is 22.9 Å². The summed E-state index contributed by atoms with van der Waals surface area (Å²) in [4.78, 5) is 31.9. The SMILES string of the molecule is CN1CCN(c2ccc(Nc3ncc4c(=O)n(-c5c(F)cccc5F)c5nc6ccccc6n5c4n3)cc2)CC1. The molecule has 3 aromatic carbocycles. The van der Waals surface area contributed by atoms with E-state index in [0.717, 1.165) is 54.3 Å². The van der Waals surface area contributed by atoms with Crippen molar-refractivity contribution in [2.24, 2.45) is 0 Å². The molecule has 1 fully saturated rings. The van der Waals surface area contributed by atoms with Crippen LogP contribution in [-0.4, -0.2) is 62.0 Å². The predicted octanol–water partition coefficient (Wildman–Crippen LogP) is 4.36. The summed E-state index contributed by atoms with van der Waals surface area (Å²) in [5.74, 6) is -1.44. The van der Waals surface area contributed by atoms with E-state index in [4.69, 9.17) is 0 Å². The predicted molar refractivity (Wildman–Crippen MR) is 151 cm³/mol. The molecule has 1 aliphatic rings. The van der Waals surface area contributed by atoms with Crippen molar-refractivity contribution in [1.82, 2.24) is 28.8 Å². The van der Waals surface area contributed by atoms with Gasteiger partial charge in [0, 0.05) is 43.8 Å². The number of hydrogen-bond donors (Lipinski definition) is 1. The second kappa shape index (κ2) is 9.38. The largest absolute Gasteiger partial charge is 0.369 e. The van der Waals surface area contributed by atoms with Crippen LogP contribution >= 0.6 is 0 Å². The second-order valence-electron chi connectivity index (χ2n) is 9.84. The molecule has 1 saturated heterocycles. The van der Waals surface area contributed by atoms with Crippen LogP contribution in [0.1, 0.15) is 0 Å². The molecule has 9 nitrogen and oxygen atoms in total. The molecule has 0 aliphatic carbocycles. The minimum absolute atomic E-state index is 0.0453. The molecule has 0 unspecified atom stereocenters. The van der Waals surface area contributed by atoms with Gasteiger partial charge in [-0.2, -0.15) is 4.98 Å². The highest BCUT2D eigenvalue weighted by atomic mass is 19.1. The van der Waals surface area contributed by atoms with E-state index in [2.05, 4.69) is 49.2 Å². The third kappa shape index (κ3) is 3.93. The molecule has 0 amide bonds. The highest BCUT2D eigenvalue weighted by molar-refractivity contribution is 5.88. The lowest BCUT2D eigenvalue weighted by Crippen LogP contribution is -2.44. The first-order chi connectivity index (χ1) is 19.5. The van der Waals surface area contributed by atoms with Crippen molar-refractivity contribution in [3.05, 3.63) is 94.9 Å². The van der Waals surface area contributed by atoms with E-state index in [1.54, 1.807) is 16.5 Å². The number of likely N-dealkylation sites (N-methyl/N-ethyl adjacent to an activating group) is 1. The number of anilines is 3. The number of nitrogens with zero attached hydrogens (tertiary/aromatic N) is 7. The van der Waals surface area contributed by atoms with E-state index >= 15 is 0 Å². The van der Waals surface area contributed by atoms with Crippen molar-refractivity contribution < 1.29 is 8.78 Å². The average Bonchev–Trinajstić information content (AvgIpc) is 3.35. The number of nitrogens with one attached hydrogen (secondary N) is 1. The molecule has 1 N–H and O–H groups in total. The zero-order chi connectivity index (χ0) is 27.4. The van der Waals surface area contributed by atoms with Gasteiger partial charge in [0.1, 0.15) is 22.7 Å². The molecule has 1 aliphatic heterocycles. The summed E-state index contributed by atoms with van der Waals surface area (Å²) in [6, 6.07) is 18.7. The zero-order valence-corrected chi connectivity index (χ0v) is 21.6. The lowest BCUT2D eigenvalue weighted by Gasteiger charge is -2.34. The van der Waals surface area contributed by atoms with Crippen molar-refractivity contribution in [2.45, 2.75) is 0 Å². The van der Waals surface area contributed by atoms with Crippen LogP contribution in [0.3, 0.4) is 0 Å². The van der Waals surface area contributed by atoms with Gasteiger partial charge in [0.2, 0.25) is 11.7 Å². The maximum absolute atomic E-state index is 14.9. The minimum Gasteiger partial charge on any atom is -0.369 e. The minimum atomic E-state index is -0.880. The number of hydrogen-bond acceptors (Lipinski definition) is 7. The molecule has 7 rings (SSSR count).